The molecule has 1 rings (SSSR count). The van der Waals surface area contributed by atoms with Gasteiger partial charge in [0.25, 0.3) is 0 Å². The minimum atomic E-state index is -1.91. The van der Waals surface area contributed by atoms with Gasteiger partial charge in [0.15, 0.2) is 12.6 Å². The van der Waals surface area contributed by atoms with Gasteiger partial charge in [0.1, 0.15) is 48.8 Å². The first-order valence-corrected chi connectivity index (χ1v) is 7.23. The Balaban J connectivity index is 2.98. The highest BCUT2D eigenvalue weighted by atomic mass is 16.7. The van der Waals surface area contributed by atoms with Crippen LogP contribution in [0.15, 0.2) is 0 Å². The number of methoxy groups -OCH3 is 1. The summed E-state index contributed by atoms with van der Waals surface area (Å²) in [5.41, 5.74) is 0. The number of carbonyl (C=O) groups is 1. The summed E-state index contributed by atoms with van der Waals surface area (Å²) >= 11 is 0. The van der Waals surface area contributed by atoms with Crippen LogP contribution in [0.2, 0.25) is 0 Å². The van der Waals surface area contributed by atoms with Crippen molar-refractivity contribution >= 4 is 6.29 Å². The molecule has 1 fully saturated rings. The van der Waals surface area contributed by atoms with Crippen LogP contribution in [0.3, 0.4) is 0 Å². The number of hydrogen-bond acceptors (Lipinski definition) is 11. The third-order valence-corrected chi connectivity index (χ3v) is 3.78. The Morgan fingerprint density at radius 1 is 1.17 bits per heavy atom. The zero-order chi connectivity index (χ0) is 18.4. The maximum absolute atomic E-state index is 10.6. The van der Waals surface area contributed by atoms with Gasteiger partial charge >= 0.3 is 0 Å². The Morgan fingerprint density at radius 3 is 2.25 bits per heavy atom. The minimum Gasteiger partial charge on any atom is -0.394 e. The zero-order valence-corrected chi connectivity index (χ0v) is 13.0. The number of aldehydes is 1. The van der Waals surface area contributed by atoms with Crippen molar-refractivity contribution in [2.75, 3.05) is 20.3 Å². The highest BCUT2D eigenvalue weighted by Gasteiger charge is 2.47. The van der Waals surface area contributed by atoms with Crippen molar-refractivity contribution in [1.29, 1.82) is 0 Å². The number of hydrogen-bond donors (Lipinski definition) is 7. The van der Waals surface area contributed by atoms with Crippen molar-refractivity contribution < 1.29 is 54.8 Å². The molecule has 1 saturated heterocycles. The fourth-order valence-electron chi connectivity index (χ4n) is 2.35. The van der Waals surface area contributed by atoms with E-state index in [0.29, 0.717) is 0 Å². The molecule has 11 heteroatoms. The van der Waals surface area contributed by atoms with Crippen LogP contribution in [0, 0.1) is 0 Å². The molecule has 1 heterocycles. The lowest BCUT2D eigenvalue weighted by Crippen LogP contribution is -2.62. The molecule has 0 aromatic heterocycles. The van der Waals surface area contributed by atoms with Crippen LogP contribution >= 0.6 is 0 Å². The lowest BCUT2D eigenvalue weighted by Gasteiger charge is -2.43. The zero-order valence-electron chi connectivity index (χ0n) is 13.0. The standard InChI is InChI=1S/C13H24O11/c1-22-12-10(21)9(20)7(4-16)23-13(12)24-11(6(18)3-15)8(19)5(17)2-14/h2,5-13,15-21H,3-4H2,1H3/t5-,6-,7+,8+,9+,10-,11-,12+,13-/m1/s1. The molecule has 0 radical (unpaired) electrons. The molecule has 11 nitrogen and oxygen atoms in total. The van der Waals surface area contributed by atoms with Crippen molar-refractivity contribution in [3.8, 4) is 0 Å². The molecular formula is C13H24O11. The molecule has 9 atom stereocenters. The van der Waals surface area contributed by atoms with Gasteiger partial charge in [0.2, 0.25) is 0 Å². The molecule has 0 aromatic carbocycles. The topological polar surface area (TPSA) is 186 Å². The lowest BCUT2D eigenvalue weighted by molar-refractivity contribution is -0.330. The summed E-state index contributed by atoms with van der Waals surface area (Å²) in [6.07, 6.45) is -14.2. The summed E-state index contributed by atoms with van der Waals surface area (Å²) < 4.78 is 15.5. The van der Waals surface area contributed by atoms with Gasteiger partial charge in [0, 0.05) is 7.11 Å². The van der Waals surface area contributed by atoms with Gasteiger partial charge in [-0.3, -0.25) is 0 Å². The number of carbonyl (C=O) groups excluding carboxylic acids is 1. The Hall–Kier alpha value is -0.730. The fourth-order valence-corrected chi connectivity index (χ4v) is 2.35. The quantitative estimate of drug-likeness (QED) is 0.196. The molecular weight excluding hydrogens is 332 g/mol. The van der Waals surface area contributed by atoms with E-state index in [1.807, 2.05) is 0 Å². The van der Waals surface area contributed by atoms with Gasteiger partial charge in [-0.15, -0.1) is 0 Å². The van der Waals surface area contributed by atoms with E-state index in [1.165, 1.54) is 7.11 Å². The van der Waals surface area contributed by atoms with Gasteiger partial charge in [-0.25, -0.2) is 0 Å². The van der Waals surface area contributed by atoms with E-state index in [9.17, 15) is 30.3 Å². The van der Waals surface area contributed by atoms with E-state index < -0.39 is 68.3 Å². The van der Waals surface area contributed by atoms with Crippen LogP contribution in [0.5, 0.6) is 0 Å². The molecule has 7 N–H and O–H groups in total. The number of aliphatic hydroxyl groups excluding tert-OH is 7. The van der Waals surface area contributed by atoms with Gasteiger partial charge in [-0.05, 0) is 0 Å². The third-order valence-electron chi connectivity index (χ3n) is 3.78. The highest BCUT2D eigenvalue weighted by Crippen LogP contribution is 2.26. The molecule has 0 aliphatic carbocycles. The molecule has 0 saturated carbocycles. The van der Waals surface area contributed by atoms with Gasteiger partial charge < -0.3 is 54.8 Å². The number of rotatable bonds is 9. The summed E-state index contributed by atoms with van der Waals surface area (Å²) in [6.45, 7) is -1.53. The smallest absolute Gasteiger partial charge is 0.187 e. The van der Waals surface area contributed by atoms with E-state index in [4.69, 9.17) is 24.4 Å². The Kier molecular flexibility index (Phi) is 8.59. The summed E-state index contributed by atoms with van der Waals surface area (Å²) in [5, 5.41) is 67.0. The highest BCUT2D eigenvalue weighted by molar-refractivity contribution is 5.56. The van der Waals surface area contributed by atoms with Crippen LogP contribution in [0.1, 0.15) is 0 Å². The van der Waals surface area contributed by atoms with Crippen LogP contribution < -0.4 is 0 Å². The van der Waals surface area contributed by atoms with Gasteiger partial charge in [0.05, 0.1) is 13.2 Å². The molecule has 0 unspecified atom stereocenters. The number of ether oxygens (including phenoxy) is 3. The van der Waals surface area contributed by atoms with Crippen molar-refractivity contribution in [2.24, 2.45) is 0 Å². The summed E-state index contributed by atoms with van der Waals surface area (Å²) in [4.78, 5) is 10.6. The molecule has 0 aromatic rings. The average Bonchev–Trinajstić information content (AvgIpc) is 2.60. The van der Waals surface area contributed by atoms with E-state index >= 15 is 0 Å². The van der Waals surface area contributed by atoms with Crippen molar-refractivity contribution in [3.63, 3.8) is 0 Å². The van der Waals surface area contributed by atoms with Crippen molar-refractivity contribution in [3.05, 3.63) is 0 Å². The lowest BCUT2D eigenvalue weighted by atomic mass is 9.98. The van der Waals surface area contributed by atoms with Crippen LogP contribution in [0.4, 0.5) is 0 Å². The minimum absolute atomic E-state index is 0.00970. The summed E-state index contributed by atoms with van der Waals surface area (Å²) in [6, 6.07) is 0. The maximum atomic E-state index is 10.6. The molecule has 0 amide bonds. The summed E-state index contributed by atoms with van der Waals surface area (Å²) in [5.74, 6) is 0. The monoisotopic (exact) mass is 356 g/mol. The van der Waals surface area contributed by atoms with E-state index in [2.05, 4.69) is 0 Å². The molecule has 0 spiro atoms. The van der Waals surface area contributed by atoms with Crippen LogP contribution in [0.25, 0.3) is 0 Å². The Bertz CT molecular complexity index is 381. The SMILES string of the molecule is CO[C@@H]1[C@@H](O[C@@H]([C@@H](O)[C@H](O)C=O)[C@H](O)CO)O[C@@H](CO)[C@H](O)[C@H]1O. The fraction of sp³-hybridized carbons (Fsp3) is 0.923. The predicted molar refractivity (Wildman–Crippen MR) is 74.6 cm³/mol. The largest absolute Gasteiger partial charge is 0.394 e. The predicted octanol–water partition coefficient (Wildman–Crippen LogP) is -4.90. The molecule has 24 heavy (non-hydrogen) atoms. The second-order valence-corrected chi connectivity index (χ2v) is 5.37. The van der Waals surface area contributed by atoms with Gasteiger partial charge in [-0.2, -0.15) is 0 Å². The Morgan fingerprint density at radius 2 is 1.79 bits per heavy atom. The average molecular weight is 356 g/mol. The summed E-state index contributed by atoms with van der Waals surface area (Å²) in [7, 11) is 1.17. The molecule has 0 bridgehead atoms. The first-order valence-electron chi connectivity index (χ1n) is 7.23. The van der Waals surface area contributed by atoms with Crippen molar-refractivity contribution in [2.45, 2.75) is 55.1 Å². The van der Waals surface area contributed by atoms with E-state index in [1.54, 1.807) is 0 Å². The number of aliphatic hydroxyl groups is 7. The van der Waals surface area contributed by atoms with E-state index in [0.717, 1.165) is 0 Å². The van der Waals surface area contributed by atoms with Crippen molar-refractivity contribution in [1.82, 2.24) is 0 Å². The second kappa shape index (κ2) is 9.68. The molecule has 1 aliphatic rings. The van der Waals surface area contributed by atoms with Crippen LogP contribution in [-0.2, 0) is 19.0 Å². The van der Waals surface area contributed by atoms with E-state index in [-0.39, 0.29) is 6.29 Å². The molecule has 1 aliphatic heterocycles. The molecule has 142 valence electrons. The normalized spacial score (nSPS) is 35.9. The third kappa shape index (κ3) is 4.67. The first kappa shape index (κ1) is 21.3. The Labute approximate surface area is 137 Å². The van der Waals surface area contributed by atoms with Crippen LogP contribution in [-0.4, -0.2) is 117 Å². The first-order chi connectivity index (χ1) is 11.3. The second-order valence-electron chi connectivity index (χ2n) is 5.37. The maximum Gasteiger partial charge on any atom is 0.187 e. The van der Waals surface area contributed by atoms with Gasteiger partial charge in [-0.1, -0.05) is 0 Å².